The highest BCUT2D eigenvalue weighted by molar-refractivity contribution is 5.99. The average molecular weight is 379 g/mol. The number of nitrogens with zero attached hydrogens (tertiary/aromatic N) is 3. The third kappa shape index (κ3) is 3.76. The van der Waals surface area contributed by atoms with E-state index in [-0.39, 0.29) is 17.9 Å². The largest absolute Gasteiger partial charge is 0.356 e. The van der Waals surface area contributed by atoms with Crippen molar-refractivity contribution in [3.05, 3.63) is 59.8 Å². The van der Waals surface area contributed by atoms with E-state index >= 15 is 0 Å². The molecule has 1 aliphatic carbocycles. The SMILES string of the molecule is CN(c1ncccc1C(=O)N1CC(N)C(c2ccccc2)C1)C1CCCCC1. The van der Waals surface area contributed by atoms with E-state index in [0.717, 1.165) is 5.82 Å². The van der Waals surface area contributed by atoms with Crippen LogP contribution >= 0.6 is 0 Å². The number of amides is 1. The number of benzene rings is 1. The first kappa shape index (κ1) is 18.9. The van der Waals surface area contributed by atoms with Gasteiger partial charge < -0.3 is 15.5 Å². The van der Waals surface area contributed by atoms with Gasteiger partial charge in [0.05, 0.1) is 5.56 Å². The second-order valence-electron chi connectivity index (χ2n) is 8.17. The lowest BCUT2D eigenvalue weighted by atomic mass is 9.94. The number of hydrogen-bond donors (Lipinski definition) is 1. The summed E-state index contributed by atoms with van der Waals surface area (Å²) in [6.07, 6.45) is 7.95. The van der Waals surface area contributed by atoms with Gasteiger partial charge >= 0.3 is 0 Å². The zero-order valence-corrected chi connectivity index (χ0v) is 16.6. The van der Waals surface area contributed by atoms with Crippen LogP contribution in [0.1, 0.15) is 53.9 Å². The van der Waals surface area contributed by atoms with E-state index in [4.69, 9.17) is 5.73 Å². The van der Waals surface area contributed by atoms with Crippen LogP contribution in [0.5, 0.6) is 0 Å². The number of anilines is 1. The Balaban J connectivity index is 1.54. The van der Waals surface area contributed by atoms with Crippen molar-refractivity contribution in [1.29, 1.82) is 0 Å². The predicted molar refractivity (Wildman–Crippen MR) is 113 cm³/mol. The Kier molecular flexibility index (Phi) is 5.62. The summed E-state index contributed by atoms with van der Waals surface area (Å²) >= 11 is 0. The highest BCUT2D eigenvalue weighted by Gasteiger charge is 2.35. The second kappa shape index (κ2) is 8.31. The van der Waals surface area contributed by atoms with Gasteiger partial charge in [-0.1, -0.05) is 49.6 Å². The fourth-order valence-corrected chi connectivity index (χ4v) is 4.70. The highest BCUT2D eigenvalue weighted by Crippen LogP contribution is 2.31. The molecule has 0 spiro atoms. The lowest BCUT2D eigenvalue weighted by Crippen LogP contribution is -2.37. The molecule has 2 atom stereocenters. The number of nitrogens with two attached hydrogens (primary N) is 1. The fourth-order valence-electron chi connectivity index (χ4n) is 4.70. The molecule has 1 saturated carbocycles. The molecule has 2 aliphatic rings. The minimum absolute atomic E-state index is 0.0393. The second-order valence-corrected chi connectivity index (χ2v) is 8.17. The third-order valence-corrected chi connectivity index (χ3v) is 6.35. The van der Waals surface area contributed by atoms with Crippen molar-refractivity contribution in [1.82, 2.24) is 9.88 Å². The van der Waals surface area contributed by atoms with Crippen LogP contribution in [0, 0.1) is 0 Å². The van der Waals surface area contributed by atoms with E-state index in [1.165, 1.54) is 37.7 Å². The first-order valence-corrected chi connectivity index (χ1v) is 10.4. The molecule has 1 aromatic heterocycles. The molecule has 1 amide bonds. The van der Waals surface area contributed by atoms with Crippen LogP contribution < -0.4 is 10.6 Å². The first-order valence-electron chi connectivity index (χ1n) is 10.4. The molecule has 4 rings (SSSR count). The summed E-state index contributed by atoms with van der Waals surface area (Å²) in [5.74, 6) is 1.03. The van der Waals surface area contributed by atoms with Gasteiger partial charge in [-0.3, -0.25) is 4.79 Å². The fraction of sp³-hybridized carbons (Fsp3) is 0.478. The number of rotatable bonds is 4. The van der Waals surface area contributed by atoms with Crippen LogP contribution in [0.2, 0.25) is 0 Å². The van der Waals surface area contributed by atoms with Gasteiger partial charge in [-0.15, -0.1) is 0 Å². The summed E-state index contributed by atoms with van der Waals surface area (Å²) in [6.45, 7) is 1.24. The summed E-state index contributed by atoms with van der Waals surface area (Å²) < 4.78 is 0. The van der Waals surface area contributed by atoms with Crippen molar-refractivity contribution in [2.75, 3.05) is 25.0 Å². The molecule has 2 unspecified atom stereocenters. The summed E-state index contributed by atoms with van der Waals surface area (Å²) in [4.78, 5) is 22.1. The van der Waals surface area contributed by atoms with E-state index in [1.54, 1.807) is 6.20 Å². The van der Waals surface area contributed by atoms with Crippen LogP contribution in [-0.4, -0.2) is 48.0 Å². The maximum Gasteiger partial charge on any atom is 0.257 e. The predicted octanol–water partition coefficient (Wildman–Crippen LogP) is 3.42. The maximum atomic E-state index is 13.4. The molecular weight excluding hydrogens is 348 g/mol. The zero-order valence-electron chi connectivity index (χ0n) is 16.6. The Morgan fingerprint density at radius 3 is 2.57 bits per heavy atom. The smallest absolute Gasteiger partial charge is 0.257 e. The van der Waals surface area contributed by atoms with Crippen molar-refractivity contribution in [3.8, 4) is 0 Å². The summed E-state index contributed by atoms with van der Waals surface area (Å²) in [5.41, 5.74) is 8.31. The molecule has 148 valence electrons. The van der Waals surface area contributed by atoms with Gasteiger partial charge in [-0.2, -0.15) is 0 Å². The maximum absolute atomic E-state index is 13.4. The number of likely N-dealkylation sites (tertiary alicyclic amines) is 1. The Morgan fingerprint density at radius 1 is 1.07 bits per heavy atom. The van der Waals surface area contributed by atoms with Crippen LogP contribution in [0.25, 0.3) is 0 Å². The Bertz CT molecular complexity index is 803. The van der Waals surface area contributed by atoms with Crippen molar-refractivity contribution >= 4 is 11.7 Å². The molecule has 1 aromatic carbocycles. The zero-order chi connectivity index (χ0) is 19.5. The van der Waals surface area contributed by atoms with Gasteiger partial charge in [0.2, 0.25) is 0 Å². The van der Waals surface area contributed by atoms with Crippen LogP contribution in [0.3, 0.4) is 0 Å². The Morgan fingerprint density at radius 2 is 1.82 bits per heavy atom. The lowest BCUT2D eigenvalue weighted by molar-refractivity contribution is 0.0789. The van der Waals surface area contributed by atoms with Crippen molar-refractivity contribution in [3.63, 3.8) is 0 Å². The van der Waals surface area contributed by atoms with E-state index in [9.17, 15) is 4.79 Å². The summed E-state index contributed by atoms with van der Waals surface area (Å²) in [5, 5.41) is 0. The van der Waals surface area contributed by atoms with Crippen molar-refractivity contribution in [2.24, 2.45) is 5.73 Å². The summed E-state index contributed by atoms with van der Waals surface area (Å²) in [7, 11) is 2.08. The Hall–Kier alpha value is -2.40. The van der Waals surface area contributed by atoms with Gasteiger partial charge in [-0.25, -0.2) is 4.98 Å². The average Bonchev–Trinajstić information content (AvgIpc) is 3.15. The van der Waals surface area contributed by atoms with Gasteiger partial charge in [-0.05, 0) is 30.5 Å². The molecule has 5 nitrogen and oxygen atoms in total. The lowest BCUT2D eigenvalue weighted by Gasteiger charge is -2.33. The molecule has 0 bridgehead atoms. The quantitative estimate of drug-likeness (QED) is 0.885. The highest BCUT2D eigenvalue weighted by atomic mass is 16.2. The van der Waals surface area contributed by atoms with Crippen molar-refractivity contribution < 1.29 is 4.79 Å². The monoisotopic (exact) mass is 378 g/mol. The van der Waals surface area contributed by atoms with E-state index in [1.807, 2.05) is 35.2 Å². The minimum atomic E-state index is -0.0393. The molecule has 2 heterocycles. The summed E-state index contributed by atoms with van der Waals surface area (Å²) in [6, 6.07) is 14.5. The molecule has 28 heavy (non-hydrogen) atoms. The topological polar surface area (TPSA) is 62.5 Å². The van der Waals surface area contributed by atoms with E-state index in [2.05, 4.69) is 29.1 Å². The van der Waals surface area contributed by atoms with Crippen LogP contribution in [-0.2, 0) is 0 Å². The first-order chi connectivity index (χ1) is 13.6. The van der Waals surface area contributed by atoms with Crippen LogP contribution in [0.15, 0.2) is 48.7 Å². The molecular formula is C23H30N4O. The van der Waals surface area contributed by atoms with Crippen molar-refractivity contribution in [2.45, 2.75) is 50.1 Å². The van der Waals surface area contributed by atoms with Gasteiger partial charge in [0, 0.05) is 44.3 Å². The number of carbonyl (C=O) groups excluding carboxylic acids is 1. The van der Waals surface area contributed by atoms with Gasteiger partial charge in [0.15, 0.2) is 0 Å². The van der Waals surface area contributed by atoms with Gasteiger partial charge in [0.1, 0.15) is 5.82 Å². The number of hydrogen-bond acceptors (Lipinski definition) is 4. The molecule has 2 N–H and O–H groups in total. The van der Waals surface area contributed by atoms with E-state index in [0.29, 0.717) is 24.7 Å². The Labute approximate surface area is 167 Å². The number of pyridine rings is 1. The number of aromatic nitrogens is 1. The molecule has 2 fully saturated rings. The number of carbonyl (C=O) groups is 1. The minimum Gasteiger partial charge on any atom is -0.356 e. The third-order valence-electron chi connectivity index (χ3n) is 6.35. The molecule has 2 aromatic rings. The molecule has 1 saturated heterocycles. The standard InChI is InChI=1S/C23H30N4O/c1-26(18-11-6-3-7-12-18)22-19(13-8-14-25-22)23(28)27-15-20(21(24)16-27)17-9-4-2-5-10-17/h2,4-5,8-10,13-14,18,20-21H,3,6-7,11-12,15-16,24H2,1H3. The molecule has 0 radical (unpaired) electrons. The molecule has 1 aliphatic heterocycles. The normalized spacial score (nSPS) is 23.0. The van der Waals surface area contributed by atoms with E-state index < -0.39 is 0 Å². The van der Waals surface area contributed by atoms with Gasteiger partial charge in [0.25, 0.3) is 5.91 Å². The molecule has 5 heteroatoms. The van der Waals surface area contributed by atoms with Crippen LogP contribution in [0.4, 0.5) is 5.82 Å².